The molecule has 1 atom stereocenters. The van der Waals surface area contributed by atoms with E-state index in [4.69, 9.17) is 9.47 Å². The number of esters is 1. The van der Waals surface area contributed by atoms with Gasteiger partial charge in [0.15, 0.2) is 5.16 Å². The molecule has 1 aliphatic rings. The van der Waals surface area contributed by atoms with Gasteiger partial charge in [-0.3, -0.25) is 4.79 Å². The van der Waals surface area contributed by atoms with E-state index in [0.29, 0.717) is 40.2 Å². The van der Waals surface area contributed by atoms with E-state index in [-0.39, 0.29) is 12.2 Å². The number of ether oxygens (including phenoxy) is 2. The molecule has 0 saturated carbocycles. The van der Waals surface area contributed by atoms with Gasteiger partial charge in [-0.15, -0.1) is 0 Å². The standard InChI is InChI=1S/C26H27N3O4S/c1-4-32-19-13-11-18(12-14-19)21-20(25(31)33-5-2)16(3)27-23-22(21)24(30)29-26(28-23)34-15-17-9-7-6-8-10-17/h6-14,21H,4-5,15H2,1-3H3,(H2,27,28,29,30). The number of nitrogens with one attached hydrogen (secondary N) is 2. The van der Waals surface area contributed by atoms with Crippen LogP contribution in [-0.2, 0) is 15.3 Å². The highest BCUT2D eigenvalue weighted by atomic mass is 32.2. The van der Waals surface area contributed by atoms with E-state index in [1.807, 2.05) is 61.5 Å². The van der Waals surface area contributed by atoms with Crippen LogP contribution < -0.4 is 15.6 Å². The van der Waals surface area contributed by atoms with Crippen LogP contribution in [0, 0.1) is 0 Å². The minimum absolute atomic E-state index is 0.238. The highest BCUT2D eigenvalue weighted by Gasteiger charge is 2.36. The number of aromatic nitrogens is 2. The molecule has 8 heteroatoms. The molecule has 0 spiro atoms. The Morgan fingerprint density at radius 2 is 1.79 bits per heavy atom. The molecule has 2 aromatic carbocycles. The number of hydrogen-bond donors (Lipinski definition) is 2. The maximum Gasteiger partial charge on any atom is 0.336 e. The van der Waals surface area contributed by atoms with Crippen molar-refractivity contribution in [2.45, 2.75) is 37.6 Å². The Morgan fingerprint density at radius 1 is 1.06 bits per heavy atom. The largest absolute Gasteiger partial charge is 0.494 e. The van der Waals surface area contributed by atoms with E-state index >= 15 is 0 Å². The zero-order valence-corrected chi connectivity index (χ0v) is 20.2. The number of carbonyl (C=O) groups is 1. The van der Waals surface area contributed by atoms with Gasteiger partial charge in [0.05, 0.1) is 30.3 Å². The fourth-order valence-electron chi connectivity index (χ4n) is 3.96. The highest BCUT2D eigenvalue weighted by molar-refractivity contribution is 7.98. The molecule has 0 radical (unpaired) electrons. The number of allylic oxidation sites excluding steroid dienone is 1. The number of nitrogens with zero attached hydrogens (tertiary/aromatic N) is 1. The lowest BCUT2D eigenvalue weighted by atomic mass is 9.82. The van der Waals surface area contributed by atoms with Crippen LogP contribution in [0.2, 0.25) is 0 Å². The fourth-order valence-corrected chi connectivity index (χ4v) is 4.78. The molecular formula is C26H27N3O4S. The van der Waals surface area contributed by atoms with Crippen LogP contribution in [0.4, 0.5) is 5.82 Å². The van der Waals surface area contributed by atoms with Crippen molar-refractivity contribution in [1.29, 1.82) is 0 Å². The lowest BCUT2D eigenvalue weighted by Crippen LogP contribution is -2.31. The highest BCUT2D eigenvalue weighted by Crippen LogP contribution is 2.40. The molecule has 3 aromatic rings. The van der Waals surface area contributed by atoms with Gasteiger partial charge in [0.25, 0.3) is 5.56 Å². The number of rotatable bonds is 8. The Bertz CT molecular complexity index is 1250. The van der Waals surface area contributed by atoms with Crippen molar-refractivity contribution >= 4 is 23.5 Å². The summed E-state index contributed by atoms with van der Waals surface area (Å²) in [6.07, 6.45) is 0. The zero-order chi connectivity index (χ0) is 24.1. The molecule has 1 unspecified atom stereocenters. The second kappa shape index (κ2) is 10.6. The predicted molar refractivity (Wildman–Crippen MR) is 133 cm³/mol. The molecule has 4 rings (SSSR count). The zero-order valence-electron chi connectivity index (χ0n) is 19.4. The van der Waals surface area contributed by atoms with Crippen LogP contribution >= 0.6 is 11.8 Å². The maximum atomic E-state index is 13.3. The summed E-state index contributed by atoms with van der Waals surface area (Å²) in [7, 11) is 0. The number of benzene rings is 2. The number of fused-ring (bicyclic) bond motifs is 1. The summed E-state index contributed by atoms with van der Waals surface area (Å²) in [5.74, 6) is 0.768. The van der Waals surface area contributed by atoms with Gasteiger partial charge in [0.2, 0.25) is 0 Å². The quantitative estimate of drug-likeness (QED) is 0.272. The topological polar surface area (TPSA) is 93.3 Å². The minimum atomic E-state index is -0.615. The monoisotopic (exact) mass is 477 g/mol. The van der Waals surface area contributed by atoms with Crippen molar-refractivity contribution in [2.75, 3.05) is 18.5 Å². The van der Waals surface area contributed by atoms with Crippen molar-refractivity contribution < 1.29 is 14.3 Å². The maximum absolute atomic E-state index is 13.3. The third-order valence-electron chi connectivity index (χ3n) is 5.46. The number of carbonyl (C=O) groups excluding carboxylic acids is 1. The van der Waals surface area contributed by atoms with Gasteiger partial charge in [-0.1, -0.05) is 54.2 Å². The molecule has 0 bridgehead atoms. The third kappa shape index (κ3) is 5.02. The smallest absolute Gasteiger partial charge is 0.336 e. The van der Waals surface area contributed by atoms with Gasteiger partial charge in [-0.05, 0) is 44.0 Å². The van der Waals surface area contributed by atoms with Crippen LogP contribution in [-0.4, -0.2) is 29.2 Å². The third-order valence-corrected chi connectivity index (χ3v) is 6.40. The van der Waals surface area contributed by atoms with E-state index in [1.54, 1.807) is 13.8 Å². The molecule has 1 aliphatic heterocycles. The molecule has 1 aromatic heterocycles. The van der Waals surface area contributed by atoms with Gasteiger partial charge in [-0.2, -0.15) is 0 Å². The Morgan fingerprint density at radius 3 is 2.47 bits per heavy atom. The molecule has 0 saturated heterocycles. The number of hydrogen-bond acceptors (Lipinski definition) is 7. The van der Waals surface area contributed by atoms with Crippen molar-refractivity contribution in [3.05, 3.63) is 92.9 Å². The number of anilines is 1. The van der Waals surface area contributed by atoms with Gasteiger partial charge in [-0.25, -0.2) is 9.78 Å². The molecule has 0 amide bonds. The van der Waals surface area contributed by atoms with Gasteiger partial charge < -0.3 is 19.8 Å². The van der Waals surface area contributed by atoms with E-state index in [2.05, 4.69) is 15.3 Å². The summed E-state index contributed by atoms with van der Waals surface area (Å²) >= 11 is 1.45. The summed E-state index contributed by atoms with van der Waals surface area (Å²) in [6, 6.07) is 17.4. The summed E-state index contributed by atoms with van der Waals surface area (Å²) in [5, 5.41) is 3.68. The number of aromatic amines is 1. The van der Waals surface area contributed by atoms with E-state index in [1.165, 1.54) is 11.8 Å². The molecule has 0 fully saturated rings. The van der Waals surface area contributed by atoms with Crippen LogP contribution in [0.1, 0.15) is 43.4 Å². The second-order valence-electron chi connectivity index (χ2n) is 7.73. The first-order chi connectivity index (χ1) is 16.5. The van der Waals surface area contributed by atoms with Crippen molar-refractivity contribution in [2.24, 2.45) is 0 Å². The van der Waals surface area contributed by atoms with Crippen molar-refractivity contribution in [1.82, 2.24) is 9.97 Å². The molecule has 7 nitrogen and oxygen atoms in total. The first kappa shape index (κ1) is 23.6. The van der Waals surface area contributed by atoms with Crippen LogP contribution in [0.5, 0.6) is 5.75 Å². The lowest BCUT2D eigenvalue weighted by molar-refractivity contribution is -0.138. The lowest BCUT2D eigenvalue weighted by Gasteiger charge is -2.29. The predicted octanol–water partition coefficient (Wildman–Crippen LogP) is 4.86. The first-order valence-corrected chi connectivity index (χ1v) is 12.2. The molecule has 2 N–H and O–H groups in total. The minimum Gasteiger partial charge on any atom is -0.494 e. The summed E-state index contributed by atoms with van der Waals surface area (Å²) in [4.78, 5) is 33.8. The van der Waals surface area contributed by atoms with Crippen LogP contribution in [0.25, 0.3) is 0 Å². The fraction of sp³-hybridized carbons (Fsp3) is 0.269. The second-order valence-corrected chi connectivity index (χ2v) is 8.69. The molecule has 176 valence electrons. The van der Waals surface area contributed by atoms with Gasteiger partial charge in [0, 0.05) is 11.4 Å². The van der Waals surface area contributed by atoms with Gasteiger partial charge >= 0.3 is 5.97 Å². The van der Waals surface area contributed by atoms with Crippen LogP contribution in [0.3, 0.4) is 0 Å². The molecule has 34 heavy (non-hydrogen) atoms. The number of thioether (sulfide) groups is 1. The van der Waals surface area contributed by atoms with Gasteiger partial charge in [0.1, 0.15) is 11.6 Å². The average Bonchev–Trinajstić information content (AvgIpc) is 2.83. The Labute approximate surface area is 202 Å². The summed E-state index contributed by atoms with van der Waals surface area (Å²) in [6.45, 7) is 6.27. The van der Waals surface area contributed by atoms with Crippen LogP contribution in [0.15, 0.2) is 75.8 Å². The summed E-state index contributed by atoms with van der Waals surface area (Å²) in [5.41, 5.74) is 3.03. The Kier molecular flexibility index (Phi) is 7.37. The van der Waals surface area contributed by atoms with Crippen molar-refractivity contribution in [3.8, 4) is 5.75 Å². The Balaban J connectivity index is 1.75. The average molecular weight is 478 g/mol. The molecule has 0 aliphatic carbocycles. The normalized spacial score (nSPS) is 14.9. The summed E-state index contributed by atoms with van der Waals surface area (Å²) < 4.78 is 10.9. The van der Waals surface area contributed by atoms with E-state index in [9.17, 15) is 9.59 Å². The Hall–Kier alpha value is -3.52. The number of H-pyrrole nitrogens is 1. The van der Waals surface area contributed by atoms with Crippen molar-refractivity contribution in [3.63, 3.8) is 0 Å². The van der Waals surface area contributed by atoms with E-state index < -0.39 is 11.9 Å². The SMILES string of the molecule is CCOC(=O)C1=C(C)Nc2nc(SCc3ccccc3)[nH]c(=O)c2C1c1ccc(OCC)cc1. The molecular weight excluding hydrogens is 450 g/mol. The first-order valence-electron chi connectivity index (χ1n) is 11.2. The molecule has 2 heterocycles. The van der Waals surface area contributed by atoms with E-state index in [0.717, 1.165) is 16.9 Å².